The van der Waals surface area contributed by atoms with E-state index in [1.54, 1.807) is 0 Å². The highest BCUT2D eigenvalue weighted by atomic mass is 16.6. The number of oxime groups is 1. The highest BCUT2D eigenvalue weighted by Gasteiger charge is 1.91. The summed E-state index contributed by atoms with van der Waals surface area (Å²) in [5.74, 6) is 0.563. The lowest BCUT2D eigenvalue weighted by Gasteiger charge is -2.02. The molecule has 2 heteroatoms. The summed E-state index contributed by atoms with van der Waals surface area (Å²) >= 11 is 0. The van der Waals surface area contributed by atoms with E-state index >= 15 is 0 Å². The van der Waals surface area contributed by atoms with E-state index in [1.807, 2.05) is 6.92 Å². The molecule has 0 saturated carbocycles. The van der Waals surface area contributed by atoms with Gasteiger partial charge in [-0.2, -0.15) is 0 Å². The van der Waals surface area contributed by atoms with Crippen molar-refractivity contribution < 1.29 is 4.84 Å². The Labute approximate surface area is 63.3 Å². The molecule has 0 aromatic rings. The minimum absolute atomic E-state index is 0.563. The van der Waals surface area contributed by atoms with Gasteiger partial charge in [0.25, 0.3) is 0 Å². The summed E-state index contributed by atoms with van der Waals surface area (Å²) in [5, 5.41) is 3.90. The van der Waals surface area contributed by atoms with E-state index in [2.05, 4.69) is 25.9 Å². The minimum atomic E-state index is 0.563. The summed E-state index contributed by atoms with van der Waals surface area (Å²) in [4.78, 5) is 5.04. The van der Waals surface area contributed by atoms with Gasteiger partial charge in [0, 0.05) is 0 Å². The predicted molar refractivity (Wildman–Crippen MR) is 44.2 cm³/mol. The van der Waals surface area contributed by atoms with Gasteiger partial charge in [0.05, 0.1) is 5.71 Å². The second kappa shape index (κ2) is 5.27. The van der Waals surface area contributed by atoms with Gasteiger partial charge in [0.1, 0.15) is 6.61 Å². The van der Waals surface area contributed by atoms with Gasteiger partial charge in [0.15, 0.2) is 0 Å². The molecule has 0 bridgehead atoms. The summed E-state index contributed by atoms with van der Waals surface area (Å²) in [6.07, 6.45) is 0.970. The molecule has 0 spiro atoms. The van der Waals surface area contributed by atoms with Crippen LogP contribution in [-0.2, 0) is 4.84 Å². The molecule has 0 radical (unpaired) electrons. The molecule has 0 aromatic carbocycles. The van der Waals surface area contributed by atoms with Crippen molar-refractivity contribution in [3.8, 4) is 0 Å². The van der Waals surface area contributed by atoms with Gasteiger partial charge >= 0.3 is 0 Å². The summed E-state index contributed by atoms with van der Waals surface area (Å²) < 4.78 is 0. The fourth-order valence-corrected chi connectivity index (χ4v) is 0.361. The predicted octanol–water partition coefficient (Wildman–Crippen LogP) is 2.44. The van der Waals surface area contributed by atoms with Gasteiger partial charge in [-0.3, -0.25) is 0 Å². The van der Waals surface area contributed by atoms with Crippen LogP contribution in [0.4, 0.5) is 0 Å². The SMILES string of the molecule is CC/C(C)=N\OCC(C)C. The third kappa shape index (κ3) is 5.60. The monoisotopic (exact) mass is 143 g/mol. The normalized spacial score (nSPS) is 12.3. The highest BCUT2D eigenvalue weighted by Crippen LogP contribution is 1.93. The van der Waals surface area contributed by atoms with Gasteiger partial charge in [-0.1, -0.05) is 25.9 Å². The lowest BCUT2D eigenvalue weighted by molar-refractivity contribution is 0.118. The van der Waals surface area contributed by atoms with Crippen molar-refractivity contribution in [2.24, 2.45) is 11.1 Å². The lowest BCUT2D eigenvalue weighted by Crippen LogP contribution is -1.99. The molecule has 0 aliphatic rings. The van der Waals surface area contributed by atoms with Crippen LogP contribution < -0.4 is 0 Å². The average Bonchev–Trinajstić information content (AvgIpc) is 1.87. The molecule has 0 atom stereocenters. The Kier molecular flexibility index (Phi) is 4.99. The Bertz CT molecular complexity index is 108. The van der Waals surface area contributed by atoms with Gasteiger partial charge in [-0.25, -0.2) is 0 Å². The summed E-state index contributed by atoms with van der Waals surface area (Å²) in [6, 6.07) is 0. The van der Waals surface area contributed by atoms with Crippen LogP contribution in [0.15, 0.2) is 5.16 Å². The molecular weight excluding hydrogens is 126 g/mol. The average molecular weight is 143 g/mol. The maximum atomic E-state index is 5.04. The van der Waals surface area contributed by atoms with Crippen molar-refractivity contribution in [1.82, 2.24) is 0 Å². The first-order chi connectivity index (χ1) is 4.66. The molecule has 0 unspecified atom stereocenters. The molecule has 0 aliphatic carbocycles. The number of hydrogen-bond acceptors (Lipinski definition) is 2. The van der Waals surface area contributed by atoms with E-state index < -0.39 is 0 Å². The van der Waals surface area contributed by atoms with Crippen molar-refractivity contribution in [2.75, 3.05) is 6.61 Å². The van der Waals surface area contributed by atoms with Crippen LogP contribution in [-0.4, -0.2) is 12.3 Å². The zero-order valence-electron chi connectivity index (χ0n) is 7.35. The van der Waals surface area contributed by atoms with Crippen LogP contribution in [0.25, 0.3) is 0 Å². The largest absolute Gasteiger partial charge is 0.396 e. The maximum absolute atomic E-state index is 5.04. The van der Waals surface area contributed by atoms with E-state index in [1.165, 1.54) is 0 Å². The van der Waals surface area contributed by atoms with E-state index in [9.17, 15) is 0 Å². The lowest BCUT2D eigenvalue weighted by atomic mass is 10.2. The van der Waals surface area contributed by atoms with Gasteiger partial charge in [-0.15, -0.1) is 0 Å². The Balaban J connectivity index is 3.34. The summed E-state index contributed by atoms with van der Waals surface area (Å²) in [6.45, 7) is 8.98. The molecule has 0 saturated heterocycles. The molecule has 0 heterocycles. The second-order valence-electron chi connectivity index (χ2n) is 2.87. The molecule has 0 fully saturated rings. The van der Waals surface area contributed by atoms with Crippen molar-refractivity contribution >= 4 is 5.71 Å². The maximum Gasteiger partial charge on any atom is 0.119 e. The molecule has 10 heavy (non-hydrogen) atoms. The van der Waals surface area contributed by atoms with Crippen LogP contribution in [0, 0.1) is 5.92 Å². The third-order valence-electron chi connectivity index (χ3n) is 1.14. The summed E-state index contributed by atoms with van der Waals surface area (Å²) in [5.41, 5.74) is 1.06. The molecule has 0 amide bonds. The number of rotatable bonds is 4. The van der Waals surface area contributed by atoms with E-state index in [4.69, 9.17) is 4.84 Å². The first kappa shape index (κ1) is 9.47. The Hall–Kier alpha value is -0.530. The van der Waals surface area contributed by atoms with Crippen molar-refractivity contribution in [1.29, 1.82) is 0 Å². The molecule has 2 nitrogen and oxygen atoms in total. The fourth-order valence-electron chi connectivity index (χ4n) is 0.361. The van der Waals surface area contributed by atoms with Crippen LogP contribution in [0.5, 0.6) is 0 Å². The van der Waals surface area contributed by atoms with Crippen LogP contribution in [0.3, 0.4) is 0 Å². The molecular formula is C8H17NO. The third-order valence-corrected chi connectivity index (χ3v) is 1.14. The van der Waals surface area contributed by atoms with Crippen molar-refractivity contribution in [2.45, 2.75) is 34.1 Å². The Morgan fingerprint density at radius 2 is 2.10 bits per heavy atom. The van der Waals surface area contributed by atoms with E-state index in [0.29, 0.717) is 5.92 Å². The van der Waals surface area contributed by atoms with Crippen molar-refractivity contribution in [3.63, 3.8) is 0 Å². The van der Waals surface area contributed by atoms with E-state index in [0.717, 1.165) is 18.7 Å². The van der Waals surface area contributed by atoms with Gasteiger partial charge in [-0.05, 0) is 19.3 Å². The van der Waals surface area contributed by atoms with Gasteiger partial charge < -0.3 is 4.84 Å². The molecule has 0 aliphatic heterocycles. The van der Waals surface area contributed by atoms with Crippen LogP contribution in [0.1, 0.15) is 34.1 Å². The zero-order chi connectivity index (χ0) is 7.98. The highest BCUT2D eigenvalue weighted by molar-refractivity contribution is 5.80. The first-order valence-electron chi connectivity index (χ1n) is 3.82. The smallest absolute Gasteiger partial charge is 0.119 e. The quantitative estimate of drug-likeness (QED) is 0.437. The topological polar surface area (TPSA) is 21.6 Å². The van der Waals surface area contributed by atoms with Crippen LogP contribution in [0.2, 0.25) is 0 Å². The first-order valence-corrected chi connectivity index (χ1v) is 3.82. The molecule has 0 aromatic heterocycles. The van der Waals surface area contributed by atoms with Crippen molar-refractivity contribution in [3.05, 3.63) is 0 Å². The minimum Gasteiger partial charge on any atom is -0.396 e. The standard InChI is InChI=1S/C8H17NO/c1-5-8(4)9-10-6-7(2)3/h7H,5-6H2,1-4H3/b9-8-. The zero-order valence-corrected chi connectivity index (χ0v) is 7.35. The fraction of sp³-hybridized carbons (Fsp3) is 0.875. The Morgan fingerprint density at radius 1 is 1.50 bits per heavy atom. The number of nitrogens with zero attached hydrogens (tertiary/aromatic N) is 1. The van der Waals surface area contributed by atoms with E-state index in [-0.39, 0.29) is 0 Å². The van der Waals surface area contributed by atoms with Gasteiger partial charge in [0.2, 0.25) is 0 Å². The summed E-state index contributed by atoms with van der Waals surface area (Å²) in [7, 11) is 0. The molecule has 0 rings (SSSR count). The Morgan fingerprint density at radius 3 is 2.50 bits per heavy atom. The number of hydrogen-bond donors (Lipinski definition) is 0. The molecule has 0 N–H and O–H groups in total. The second-order valence-corrected chi connectivity index (χ2v) is 2.87. The van der Waals surface area contributed by atoms with Crippen LogP contribution >= 0.6 is 0 Å². The molecule has 60 valence electrons.